The molecule has 2 heterocycles. The van der Waals surface area contributed by atoms with Crippen LogP contribution in [-0.2, 0) is 14.8 Å². The number of rotatable bonds is 7. The first-order valence-corrected chi connectivity index (χ1v) is 11.8. The van der Waals surface area contributed by atoms with Gasteiger partial charge in [-0.3, -0.25) is 4.79 Å². The normalized spacial score (nSPS) is 23.7. The highest BCUT2D eigenvalue weighted by Crippen LogP contribution is 2.21. The summed E-state index contributed by atoms with van der Waals surface area (Å²) in [5, 5.41) is 2.83. The van der Waals surface area contributed by atoms with Crippen molar-refractivity contribution < 1.29 is 27.2 Å². The summed E-state index contributed by atoms with van der Waals surface area (Å²) in [5.74, 6) is -1.24. The molecule has 1 aromatic carbocycles. The number of morpholine rings is 1. The van der Waals surface area contributed by atoms with Crippen LogP contribution in [-0.4, -0.2) is 70.6 Å². The number of quaternary nitrogens is 1. The number of piperidine rings is 1. The number of nitrogens with one attached hydrogen (secondary N) is 2. The number of likely N-dealkylation sites (tertiary alicyclic amines) is 1. The monoisotopic (exact) mass is 428 g/mol. The van der Waals surface area contributed by atoms with Gasteiger partial charge in [-0.25, -0.2) is 12.8 Å². The molecular weight excluding hydrogens is 397 g/mol. The molecule has 162 valence electrons. The highest BCUT2D eigenvalue weighted by Gasteiger charge is 2.29. The quantitative estimate of drug-likeness (QED) is 0.617. The first-order chi connectivity index (χ1) is 13.9. The summed E-state index contributed by atoms with van der Waals surface area (Å²) in [6, 6.07) is 4.15. The molecule has 2 aliphatic heterocycles. The number of carbonyl (C=O) groups excluding carboxylic acids is 1. The lowest BCUT2D eigenvalue weighted by Gasteiger charge is -2.30. The molecule has 7 nitrogen and oxygen atoms in total. The molecule has 0 aromatic heterocycles. The molecule has 0 bridgehead atoms. The third-order valence-corrected chi connectivity index (χ3v) is 7.74. The van der Waals surface area contributed by atoms with Gasteiger partial charge in [-0.2, -0.15) is 4.31 Å². The third-order valence-electron chi connectivity index (χ3n) is 5.82. The largest absolute Gasteiger partial charge is 0.379 e. The van der Waals surface area contributed by atoms with Crippen molar-refractivity contribution in [1.29, 1.82) is 0 Å². The lowest BCUT2D eigenvalue weighted by molar-refractivity contribution is -0.928. The van der Waals surface area contributed by atoms with Crippen LogP contribution in [0.15, 0.2) is 23.1 Å². The van der Waals surface area contributed by atoms with Crippen LogP contribution in [0.4, 0.5) is 4.39 Å². The first kappa shape index (κ1) is 22.1. The number of nitrogens with zero attached hydrogens (tertiary/aromatic N) is 1. The van der Waals surface area contributed by atoms with Crippen molar-refractivity contribution in [2.24, 2.45) is 0 Å². The van der Waals surface area contributed by atoms with Crippen LogP contribution in [0.3, 0.4) is 0 Å². The topological polar surface area (TPSA) is 80.2 Å². The van der Waals surface area contributed by atoms with Gasteiger partial charge in [-0.1, -0.05) is 0 Å². The number of hydrogen-bond acceptors (Lipinski definition) is 4. The Morgan fingerprint density at radius 2 is 2.07 bits per heavy atom. The van der Waals surface area contributed by atoms with Crippen molar-refractivity contribution >= 4 is 15.9 Å². The van der Waals surface area contributed by atoms with Crippen LogP contribution in [0.5, 0.6) is 0 Å². The summed E-state index contributed by atoms with van der Waals surface area (Å²) in [7, 11) is -4.00. The van der Waals surface area contributed by atoms with E-state index in [4.69, 9.17) is 4.74 Å². The Balaban J connectivity index is 1.59. The average Bonchev–Trinajstić information content (AvgIpc) is 2.73. The van der Waals surface area contributed by atoms with Crippen LogP contribution in [0.25, 0.3) is 0 Å². The maximum absolute atomic E-state index is 14.3. The standard InChI is InChI=1S/C20H30FN3O4S/c1-16-5-2-3-9-23(16)10-4-8-22-20(25)17-6-7-18(21)19(15-17)29(26,27)24-11-13-28-14-12-24/h6-7,15-16H,2-5,8-14H2,1H3,(H,22,25)/p+1/t16-/m0/s1. The molecule has 2 N–H and O–H groups in total. The second-order valence-electron chi connectivity index (χ2n) is 7.83. The van der Waals surface area contributed by atoms with Crippen molar-refractivity contribution in [3.05, 3.63) is 29.6 Å². The first-order valence-electron chi connectivity index (χ1n) is 10.4. The van der Waals surface area contributed by atoms with Gasteiger partial charge in [0.25, 0.3) is 5.91 Å². The highest BCUT2D eigenvalue weighted by molar-refractivity contribution is 7.89. The Morgan fingerprint density at radius 1 is 1.31 bits per heavy atom. The summed E-state index contributed by atoms with van der Waals surface area (Å²) >= 11 is 0. The fraction of sp³-hybridized carbons (Fsp3) is 0.650. The fourth-order valence-electron chi connectivity index (χ4n) is 4.01. The molecule has 0 radical (unpaired) electrons. The summed E-state index contributed by atoms with van der Waals surface area (Å²) in [5.41, 5.74) is 0.150. The third kappa shape index (κ3) is 5.53. The molecular formula is C20H31FN3O4S+. The van der Waals surface area contributed by atoms with Gasteiger partial charge in [0, 0.05) is 31.6 Å². The molecule has 9 heteroatoms. The van der Waals surface area contributed by atoms with Gasteiger partial charge in [-0.05, 0) is 44.4 Å². The van der Waals surface area contributed by atoms with Crippen LogP contribution in [0.2, 0.25) is 0 Å². The van der Waals surface area contributed by atoms with E-state index < -0.39 is 20.7 Å². The van der Waals surface area contributed by atoms with E-state index >= 15 is 0 Å². The van der Waals surface area contributed by atoms with E-state index in [1.165, 1.54) is 36.2 Å². The van der Waals surface area contributed by atoms with E-state index in [1.54, 1.807) is 4.90 Å². The molecule has 29 heavy (non-hydrogen) atoms. The Kier molecular flexibility index (Phi) is 7.61. The molecule has 1 amide bonds. The van der Waals surface area contributed by atoms with Crippen LogP contribution < -0.4 is 10.2 Å². The van der Waals surface area contributed by atoms with Gasteiger partial charge in [0.2, 0.25) is 10.0 Å². The van der Waals surface area contributed by atoms with Crippen molar-refractivity contribution in [1.82, 2.24) is 9.62 Å². The molecule has 0 spiro atoms. The van der Waals surface area contributed by atoms with Gasteiger partial charge < -0.3 is 15.0 Å². The molecule has 1 aromatic rings. The zero-order valence-corrected chi connectivity index (χ0v) is 17.8. The lowest BCUT2D eigenvalue weighted by atomic mass is 10.0. The van der Waals surface area contributed by atoms with Gasteiger partial charge in [0.15, 0.2) is 0 Å². The summed E-state index contributed by atoms with van der Waals surface area (Å²) in [6.07, 6.45) is 4.65. The summed E-state index contributed by atoms with van der Waals surface area (Å²) in [6.45, 7) is 5.86. The summed E-state index contributed by atoms with van der Waals surface area (Å²) < 4.78 is 46.1. The molecule has 0 saturated carbocycles. The number of benzene rings is 1. The zero-order valence-electron chi connectivity index (χ0n) is 17.0. The summed E-state index contributed by atoms with van der Waals surface area (Å²) in [4.78, 5) is 13.6. The van der Waals surface area contributed by atoms with Crippen molar-refractivity contribution in [2.45, 2.75) is 43.5 Å². The molecule has 2 aliphatic rings. The zero-order chi connectivity index (χ0) is 20.9. The predicted octanol–water partition coefficient (Wildman–Crippen LogP) is 0.424. The number of carbonyl (C=O) groups is 1. The molecule has 0 aliphatic carbocycles. The van der Waals surface area contributed by atoms with E-state index in [-0.39, 0.29) is 37.8 Å². The molecule has 2 fully saturated rings. The highest BCUT2D eigenvalue weighted by atomic mass is 32.2. The van der Waals surface area contributed by atoms with Crippen LogP contribution >= 0.6 is 0 Å². The second kappa shape index (κ2) is 9.97. The average molecular weight is 429 g/mol. The Labute approximate surface area is 172 Å². The van der Waals surface area contributed by atoms with E-state index in [0.717, 1.165) is 25.1 Å². The SMILES string of the molecule is C[C@H]1CCCC[NH+]1CCCNC(=O)c1ccc(F)c(S(=O)(=O)N2CCOCC2)c1. The molecule has 3 rings (SSSR count). The second-order valence-corrected chi connectivity index (χ2v) is 9.73. The van der Waals surface area contributed by atoms with Crippen molar-refractivity contribution in [3.63, 3.8) is 0 Å². The Bertz CT molecular complexity index is 812. The van der Waals surface area contributed by atoms with Gasteiger partial charge in [-0.15, -0.1) is 0 Å². The van der Waals surface area contributed by atoms with Gasteiger partial charge in [0.05, 0.1) is 32.3 Å². The lowest BCUT2D eigenvalue weighted by Crippen LogP contribution is -3.16. The fourth-order valence-corrected chi connectivity index (χ4v) is 5.51. The molecule has 1 unspecified atom stereocenters. The molecule has 2 saturated heterocycles. The Hall–Kier alpha value is -1.55. The van der Waals surface area contributed by atoms with Gasteiger partial charge >= 0.3 is 0 Å². The van der Waals surface area contributed by atoms with Gasteiger partial charge in [0.1, 0.15) is 10.7 Å². The number of halogens is 1. The minimum absolute atomic E-state index is 0.150. The predicted molar refractivity (Wildman–Crippen MR) is 107 cm³/mol. The van der Waals surface area contributed by atoms with Crippen LogP contribution in [0, 0.1) is 5.82 Å². The van der Waals surface area contributed by atoms with E-state index in [2.05, 4.69) is 12.2 Å². The maximum atomic E-state index is 14.3. The van der Waals surface area contributed by atoms with Crippen LogP contribution in [0.1, 0.15) is 43.0 Å². The maximum Gasteiger partial charge on any atom is 0.251 e. The number of amides is 1. The number of sulfonamides is 1. The minimum Gasteiger partial charge on any atom is -0.379 e. The Morgan fingerprint density at radius 3 is 2.79 bits per heavy atom. The number of ether oxygens (including phenoxy) is 1. The molecule has 2 atom stereocenters. The number of hydrogen-bond donors (Lipinski definition) is 2. The van der Waals surface area contributed by atoms with Crippen molar-refractivity contribution in [2.75, 3.05) is 45.9 Å². The van der Waals surface area contributed by atoms with E-state index in [0.29, 0.717) is 12.6 Å². The van der Waals surface area contributed by atoms with Crippen molar-refractivity contribution in [3.8, 4) is 0 Å². The minimum atomic E-state index is -4.00. The smallest absolute Gasteiger partial charge is 0.251 e. The van der Waals surface area contributed by atoms with E-state index in [9.17, 15) is 17.6 Å². The van der Waals surface area contributed by atoms with E-state index in [1.807, 2.05) is 0 Å².